The average Bonchev–Trinajstić information content (AvgIpc) is 2.84. The zero-order valence-corrected chi connectivity index (χ0v) is 11.8. The van der Waals surface area contributed by atoms with Crippen molar-refractivity contribution in [2.24, 2.45) is 5.73 Å². The van der Waals surface area contributed by atoms with E-state index in [9.17, 15) is 9.90 Å². The molecule has 21 heavy (non-hydrogen) atoms. The maximum Gasteiger partial charge on any atom is 0.229 e. The predicted molar refractivity (Wildman–Crippen MR) is 82.5 cm³/mol. The molecule has 2 aromatic carbocycles. The molecule has 0 saturated carbocycles. The third-order valence-electron chi connectivity index (χ3n) is 3.52. The van der Waals surface area contributed by atoms with Crippen molar-refractivity contribution >= 4 is 28.4 Å². The van der Waals surface area contributed by atoms with Gasteiger partial charge in [-0.05, 0) is 23.8 Å². The highest BCUT2D eigenvalue weighted by Crippen LogP contribution is 2.35. The lowest BCUT2D eigenvalue weighted by Gasteiger charge is -2.14. The van der Waals surface area contributed by atoms with E-state index in [-0.39, 0.29) is 5.75 Å². The van der Waals surface area contributed by atoms with Crippen LogP contribution < -0.4 is 5.73 Å². The molecule has 0 fully saturated rings. The predicted octanol–water partition coefficient (Wildman–Crippen LogP) is 3.14. The number of nitrogens with two attached hydrogens (primary N) is 1. The van der Waals surface area contributed by atoms with Gasteiger partial charge < -0.3 is 15.8 Å². The van der Waals surface area contributed by atoms with Gasteiger partial charge in [0, 0.05) is 27.7 Å². The van der Waals surface area contributed by atoms with Crippen LogP contribution >= 0.6 is 11.6 Å². The minimum Gasteiger partial charge on any atom is -0.508 e. The monoisotopic (exact) mass is 300 g/mol. The molecule has 1 atom stereocenters. The van der Waals surface area contributed by atoms with Crippen molar-refractivity contribution in [3.63, 3.8) is 0 Å². The van der Waals surface area contributed by atoms with Crippen LogP contribution in [0.3, 0.4) is 0 Å². The molecule has 106 valence electrons. The van der Waals surface area contributed by atoms with Gasteiger partial charge in [-0.2, -0.15) is 0 Å². The smallest absolute Gasteiger partial charge is 0.229 e. The second-order valence-corrected chi connectivity index (χ2v) is 5.26. The third-order valence-corrected chi connectivity index (χ3v) is 3.75. The van der Waals surface area contributed by atoms with Crippen molar-refractivity contribution < 1.29 is 9.90 Å². The molecule has 0 radical (unpaired) electrons. The maximum absolute atomic E-state index is 11.9. The van der Waals surface area contributed by atoms with Gasteiger partial charge in [-0.1, -0.05) is 35.9 Å². The van der Waals surface area contributed by atoms with Gasteiger partial charge in [-0.15, -0.1) is 0 Å². The Balaban J connectivity index is 2.21. The van der Waals surface area contributed by atoms with Gasteiger partial charge in [0.2, 0.25) is 5.91 Å². The Morgan fingerprint density at radius 3 is 2.67 bits per heavy atom. The van der Waals surface area contributed by atoms with Gasteiger partial charge in [-0.3, -0.25) is 4.79 Å². The molecule has 0 spiro atoms. The maximum atomic E-state index is 11.9. The van der Waals surface area contributed by atoms with E-state index in [1.165, 1.54) is 6.07 Å². The zero-order chi connectivity index (χ0) is 15.0. The Morgan fingerprint density at radius 1 is 1.19 bits per heavy atom. The molecule has 0 bridgehead atoms. The van der Waals surface area contributed by atoms with E-state index in [0.717, 1.165) is 16.5 Å². The van der Waals surface area contributed by atoms with Gasteiger partial charge in [0.25, 0.3) is 0 Å². The van der Waals surface area contributed by atoms with Crippen molar-refractivity contribution in [1.29, 1.82) is 0 Å². The molecule has 1 amide bonds. The number of carbonyl (C=O) groups excluding carboxylic acids is 1. The van der Waals surface area contributed by atoms with Crippen LogP contribution in [-0.2, 0) is 4.79 Å². The summed E-state index contributed by atoms with van der Waals surface area (Å²) in [6.07, 6.45) is 1.73. The van der Waals surface area contributed by atoms with Crippen LogP contribution in [0.25, 0.3) is 10.9 Å². The molecule has 3 aromatic rings. The quantitative estimate of drug-likeness (QED) is 0.694. The van der Waals surface area contributed by atoms with Crippen LogP contribution in [0, 0.1) is 0 Å². The molecular formula is C16H13ClN2O2. The van der Waals surface area contributed by atoms with Crippen molar-refractivity contribution in [3.8, 4) is 5.75 Å². The van der Waals surface area contributed by atoms with Crippen LogP contribution in [-0.4, -0.2) is 16.0 Å². The number of carbonyl (C=O) groups is 1. The highest BCUT2D eigenvalue weighted by Gasteiger charge is 2.25. The first-order valence-electron chi connectivity index (χ1n) is 6.41. The fraction of sp³-hybridized carbons (Fsp3) is 0.0625. The van der Waals surface area contributed by atoms with Gasteiger partial charge in [0.1, 0.15) is 5.75 Å². The Bertz CT molecular complexity index is 826. The van der Waals surface area contributed by atoms with Gasteiger partial charge in [0.05, 0.1) is 5.92 Å². The summed E-state index contributed by atoms with van der Waals surface area (Å²) in [6, 6.07) is 12.1. The van der Waals surface area contributed by atoms with E-state index in [4.69, 9.17) is 17.3 Å². The van der Waals surface area contributed by atoms with E-state index in [1.54, 1.807) is 36.5 Å². The third kappa shape index (κ3) is 2.34. The molecule has 0 aliphatic carbocycles. The first-order valence-corrected chi connectivity index (χ1v) is 6.79. The normalized spacial score (nSPS) is 12.4. The minimum atomic E-state index is -0.721. The summed E-state index contributed by atoms with van der Waals surface area (Å²) in [5.41, 5.74) is 7.58. The van der Waals surface area contributed by atoms with Crippen LogP contribution in [0.1, 0.15) is 17.0 Å². The molecule has 1 unspecified atom stereocenters. The number of hydrogen-bond acceptors (Lipinski definition) is 2. The Hall–Kier alpha value is -2.46. The van der Waals surface area contributed by atoms with Crippen molar-refractivity contribution in [3.05, 3.63) is 64.8 Å². The number of rotatable bonds is 3. The first-order chi connectivity index (χ1) is 10.1. The van der Waals surface area contributed by atoms with Gasteiger partial charge >= 0.3 is 0 Å². The van der Waals surface area contributed by atoms with E-state index < -0.39 is 11.8 Å². The van der Waals surface area contributed by atoms with Gasteiger partial charge in [0.15, 0.2) is 0 Å². The molecule has 1 aromatic heterocycles. The number of primary amides is 1. The number of aromatic amines is 1. The number of hydrogen-bond donors (Lipinski definition) is 3. The Kier molecular flexibility index (Phi) is 3.31. The molecule has 3 rings (SSSR count). The second-order valence-electron chi connectivity index (χ2n) is 4.83. The number of fused-ring (bicyclic) bond motifs is 1. The molecule has 0 saturated heterocycles. The number of amides is 1. The topological polar surface area (TPSA) is 79.1 Å². The number of phenolic OH excluding ortho intramolecular Hbond substituents is 1. The Labute approximate surface area is 126 Å². The first kappa shape index (κ1) is 13.5. The number of aromatic nitrogens is 1. The second kappa shape index (κ2) is 5.14. The fourth-order valence-corrected chi connectivity index (χ4v) is 2.74. The van der Waals surface area contributed by atoms with E-state index in [2.05, 4.69) is 4.98 Å². The number of phenols is 1. The number of para-hydroxylation sites is 1. The van der Waals surface area contributed by atoms with Crippen LogP contribution in [0.5, 0.6) is 5.75 Å². The van der Waals surface area contributed by atoms with E-state index in [1.807, 2.05) is 6.07 Å². The summed E-state index contributed by atoms with van der Waals surface area (Å²) in [6.45, 7) is 0. The lowest BCUT2D eigenvalue weighted by Crippen LogP contribution is -2.22. The molecule has 4 N–H and O–H groups in total. The highest BCUT2D eigenvalue weighted by molar-refractivity contribution is 6.31. The standard InChI is InChI=1S/C16H13ClN2O2/c17-9-5-6-10-12(8-19-13(10)7-9)15(16(18)21)11-3-1-2-4-14(11)20/h1-8,15,19-20H,(H2,18,21). The minimum absolute atomic E-state index is 0.0459. The molecular weight excluding hydrogens is 288 g/mol. The lowest BCUT2D eigenvalue weighted by atomic mass is 9.90. The molecule has 0 aliphatic heterocycles. The number of benzene rings is 2. The average molecular weight is 301 g/mol. The number of aromatic hydroxyl groups is 1. The number of halogens is 1. The summed E-state index contributed by atoms with van der Waals surface area (Å²) in [5, 5.41) is 11.5. The highest BCUT2D eigenvalue weighted by atomic mass is 35.5. The lowest BCUT2D eigenvalue weighted by molar-refractivity contribution is -0.118. The number of nitrogens with one attached hydrogen (secondary N) is 1. The number of H-pyrrole nitrogens is 1. The van der Waals surface area contributed by atoms with Crippen LogP contribution in [0.2, 0.25) is 5.02 Å². The molecule has 5 heteroatoms. The summed E-state index contributed by atoms with van der Waals surface area (Å²) in [7, 11) is 0. The van der Waals surface area contributed by atoms with E-state index in [0.29, 0.717) is 10.6 Å². The largest absolute Gasteiger partial charge is 0.508 e. The van der Waals surface area contributed by atoms with Crippen molar-refractivity contribution in [2.75, 3.05) is 0 Å². The van der Waals surface area contributed by atoms with Crippen LogP contribution in [0.15, 0.2) is 48.7 Å². The van der Waals surface area contributed by atoms with E-state index >= 15 is 0 Å². The summed E-state index contributed by atoms with van der Waals surface area (Å²) in [4.78, 5) is 15.0. The zero-order valence-electron chi connectivity index (χ0n) is 11.0. The summed E-state index contributed by atoms with van der Waals surface area (Å²) >= 11 is 5.96. The SMILES string of the molecule is NC(=O)C(c1ccccc1O)c1c[nH]c2cc(Cl)ccc12. The summed E-state index contributed by atoms with van der Waals surface area (Å²) < 4.78 is 0. The summed E-state index contributed by atoms with van der Waals surface area (Å²) in [5.74, 6) is -1.20. The molecule has 1 heterocycles. The van der Waals surface area contributed by atoms with Crippen molar-refractivity contribution in [2.45, 2.75) is 5.92 Å². The molecule has 4 nitrogen and oxygen atoms in total. The Morgan fingerprint density at radius 2 is 1.95 bits per heavy atom. The van der Waals surface area contributed by atoms with Gasteiger partial charge in [-0.25, -0.2) is 0 Å². The molecule has 0 aliphatic rings. The van der Waals surface area contributed by atoms with Crippen LogP contribution in [0.4, 0.5) is 0 Å². The fourth-order valence-electron chi connectivity index (χ4n) is 2.57. The van der Waals surface area contributed by atoms with Crippen molar-refractivity contribution in [1.82, 2.24) is 4.98 Å².